The van der Waals surface area contributed by atoms with E-state index in [1.165, 1.54) is 0 Å². The lowest BCUT2D eigenvalue weighted by molar-refractivity contribution is 0.0586. The summed E-state index contributed by atoms with van der Waals surface area (Å²) in [6.07, 6.45) is 1.42. The average molecular weight is 189 g/mol. The van der Waals surface area contributed by atoms with Crippen LogP contribution in [0, 0.1) is 0 Å². The molecule has 2 unspecified atom stereocenters. The first-order valence-corrected chi connectivity index (χ1v) is 4.56. The third kappa shape index (κ3) is 3.44. The highest BCUT2D eigenvalue weighted by atomic mass is 19.1. The number of hydrogen-bond acceptors (Lipinski definition) is 2. The predicted molar refractivity (Wildman–Crippen MR) is 53.4 cm³/mol. The van der Waals surface area contributed by atoms with Gasteiger partial charge in [0.2, 0.25) is 0 Å². The molecule has 0 aromatic carbocycles. The molecule has 0 radical (unpaired) electrons. The SMILES string of the molecule is CC/C(=C/F)C(C(C)OC)N(C)C. The van der Waals surface area contributed by atoms with Crippen LogP contribution in [0.1, 0.15) is 20.3 Å². The highest BCUT2D eigenvalue weighted by Gasteiger charge is 2.22. The lowest BCUT2D eigenvalue weighted by atomic mass is 10.0. The third-order valence-corrected chi connectivity index (χ3v) is 2.30. The van der Waals surface area contributed by atoms with Crippen molar-refractivity contribution in [3.8, 4) is 0 Å². The molecule has 0 N–H and O–H groups in total. The molecule has 0 rings (SSSR count). The van der Waals surface area contributed by atoms with Crippen molar-refractivity contribution >= 4 is 0 Å². The molecule has 0 heterocycles. The summed E-state index contributed by atoms with van der Waals surface area (Å²) in [5.74, 6) is 0. The lowest BCUT2D eigenvalue weighted by Gasteiger charge is -2.30. The summed E-state index contributed by atoms with van der Waals surface area (Å²) in [5, 5.41) is 0. The van der Waals surface area contributed by atoms with Gasteiger partial charge in [0, 0.05) is 7.11 Å². The van der Waals surface area contributed by atoms with Crippen LogP contribution >= 0.6 is 0 Å². The third-order valence-electron chi connectivity index (χ3n) is 2.30. The van der Waals surface area contributed by atoms with Gasteiger partial charge in [-0.3, -0.25) is 0 Å². The maximum Gasteiger partial charge on any atom is 0.0875 e. The first kappa shape index (κ1) is 12.6. The molecule has 0 aromatic heterocycles. The number of likely N-dealkylation sites (N-methyl/N-ethyl adjacent to an activating group) is 1. The van der Waals surface area contributed by atoms with E-state index in [1.54, 1.807) is 7.11 Å². The van der Waals surface area contributed by atoms with Gasteiger partial charge in [-0.25, -0.2) is 4.39 Å². The van der Waals surface area contributed by atoms with Crippen LogP contribution in [-0.2, 0) is 4.74 Å². The Morgan fingerprint density at radius 1 is 1.54 bits per heavy atom. The Hall–Kier alpha value is -0.410. The van der Waals surface area contributed by atoms with Gasteiger partial charge in [-0.05, 0) is 33.0 Å². The van der Waals surface area contributed by atoms with E-state index in [2.05, 4.69) is 0 Å². The summed E-state index contributed by atoms with van der Waals surface area (Å²) in [7, 11) is 5.51. The van der Waals surface area contributed by atoms with Gasteiger partial charge in [-0.15, -0.1) is 0 Å². The molecule has 0 amide bonds. The number of ether oxygens (including phenoxy) is 1. The molecule has 0 fully saturated rings. The molecule has 78 valence electrons. The van der Waals surface area contributed by atoms with Gasteiger partial charge >= 0.3 is 0 Å². The molecule has 0 aromatic rings. The maximum atomic E-state index is 12.5. The molecule has 0 saturated carbocycles. The summed E-state index contributed by atoms with van der Waals surface area (Å²) in [5.41, 5.74) is 0.777. The van der Waals surface area contributed by atoms with Crippen LogP contribution in [0.2, 0.25) is 0 Å². The van der Waals surface area contributed by atoms with Crippen molar-refractivity contribution in [3.63, 3.8) is 0 Å². The fourth-order valence-electron chi connectivity index (χ4n) is 1.53. The fourth-order valence-corrected chi connectivity index (χ4v) is 1.53. The molecule has 3 heteroatoms. The molecular formula is C10H20FNO. The second-order valence-electron chi connectivity index (χ2n) is 3.39. The van der Waals surface area contributed by atoms with Gasteiger partial charge in [-0.1, -0.05) is 6.92 Å². The highest BCUT2D eigenvalue weighted by Crippen LogP contribution is 2.17. The zero-order valence-corrected chi connectivity index (χ0v) is 9.17. The van der Waals surface area contributed by atoms with Crippen LogP contribution in [0.3, 0.4) is 0 Å². The predicted octanol–water partition coefficient (Wildman–Crippen LogP) is 2.21. The zero-order valence-electron chi connectivity index (χ0n) is 9.17. The second kappa shape index (κ2) is 6.11. The van der Waals surface area contributed by atoms with Gasteiger partial charge in [-0.2, -0.15) is 0 Å². The minimum atomic E-state index is 0.0111. The van der Waals surface area contributed by atoms with E-state index in [1.807, 2.05) is 32.8 Å². The van der Waals surface area contributed by atoms with Crippen molar-refractivity contribution in [1.29, 1.82) is 0 Å². The van der Waals surface area contributed by atoms with Gasteiger partial charge in [0.05, 0.1) is 18.5 Å². The molecular weight excluding hydrogens is 169 g/mol. The summed E-state index contributed by atoms with van der Waals surface area (Å²) in [4.78, 5) is 1.98. The standard InChI is InChI=1S/C10H20FNO/c1-6-9(7-11)10(12(3)4)8(2)13-5/h7-8,10H,6H2,1-5H3/b9-7-. The molecule has 0 spiro atoms. The van der Waals surface area contributed by atoms with Crippen molar-refractivity contribution in [2.75, 3.05) is 21.2 Å². The van der Waals surface area contributed by atoms with E-state index in [4.69, 9.17) is 4.74 Å². The minimum absolute atomic E-state index is 0.0111. The minimum Gasteiger partial charge on any atom is -0.380 e. The van der Waals surface area contributed by atoms with Crippen LogP contribution in [0.5, 0.6) is 0 Å². The Kier molecular flexibility index (Phi) is 5.91. The van der Waals surface area contributed by atoms with Crippen molar-refractivity contribution in [3.05, 3.63) is 11.9 Å². The van der Waals surface area contributed by atoms with E-state index >= 15 is 0 Å². The first-order valence-electron chi connectivity index (χ1n) is 4.56. The zero-order chi connectivity index (χ0) is 10.4. The van der Waals surface area contributed by atoms with E-state index in [-0.39, 0.29) is 12.1 Å². The van der Waals surface area contributed by atoms with Crippen LogP contribution < -0.4 is 0 Å². The Balaban J connectivity index is 4.59. The van der Waals surface area contributed by atoms with Gasteiger partial charge < -0.3 is 9.64 Å². The Bertz CT molecular complexity index is 168. The molecule has 0 aliphatic rings. The quantitative estimate of drug-likeness (QED) is 0.657. The smallest absolute Gasteiger partial charge is 0.0875 e. The number of hydrogen-bond donors (Lipinski definition) is 0. The summed E-state index contributed by atoms with van der Waals surface area (Å²) in [6.45, 7) is 3.90. The van der Waals surface area contributed by atoms with Crippen molar-refractivity contribution in [2.24, 2.45) is 0 Å². The molecule has 13 heavy (non-hydrogen) atoms. The van der Waals surface area contributed by atoms with Crippen LogP contribution in [0.15, 0.2) is 11.9 Å². The summed E-state index contributed by atoms with van der Waals surface area (Å²) >= 11 is 0. The Labute approximate surface area is 80.4 Å². The molecule has 0 saturated heterocycles. The number of rotatable bonds is 5. The van der Waals surface area contributed by atoms with Crippen molar-refractivity contribution < 1.29 is 9.13 Å². The summed E-state index contributed by atoms with van der Waals surface area (Å²) < 4.78 is 17.7. The van der Waals surface area contributed by atoms with E-state index in [0.29, 0.717) is 12.8 Å². The summed E-state index contributed by atoms with van der Waals surface area (Å²) in [6, 6.07) is 0.0278. The monoisotopic (exact) mass is 189 g/mol. The Morgan fingerprint density at radius 3 is 2.31 bits per heavy atom. The van der Waals surface area contributed by atoms with Crippen LogP contribution in [0.25, 0.3) is 0 Å². The maximum absolute atomic E-state index is 12.5. The number of methoxy groups -OCH3 is 1. The largest absolute Gasteiger partial charge is 0.380 e. The Morgan fingerprint density at radius 2 is 2.08 bits per heavy atom. The fraction of sp³-hybridized carbons (Fsp3) is 0.800. The van der Waals surface area contributed by atoms with Crippen LogP contribution in [0.4, 0.5) is 4.39 Å². The lowest BCUT2D eigenvalue weighted by Crippen LogP contribution is -2.39. The van der Waals surface area contributed by atoms with Crippen molar-refractivity contribution in [1.82, 2.24) is 4.90 Å². The van der Waals surface area contributed by atoms with Crippen molar-refractivity contribution in [2.45, 2.75) is 32.4 Å². The number of halogens is 1. The molecule has 0 aliphatic heterocycles. The average Bonchev–Trinajstić information content (AvgIpc) is 2.12. The molecule has 2 nitrogen and oxygen atoms in total. The van der Waals surface area contributed by atoms with E-state index in [0.717, 1.165) is 5.57 Å². The highest BCUT2D eigenvalue weighted by molar-refractivity contribution is 5.09. The molecule has 2 atom stereocenters. The first-order chi connectivity index (χ1) is 6.08. The van der Waals surface area contributed by atoms with E-state index < -0.39 is 0 Å². The molecule has 0 aliphatic carbocycles. The van der Waals surface area contributed by atoms with Crippen LogP contribution in [-0.4, -0.2) is 38.3 Å². The normalized spacial score (nSPS) is 17.6. The topological polar surface area (TPSA) is 12.5 Å². The van der Waals surface area contributed by atoms with Gasteiger partial charge in [0.15, 0.2) is 0 Å². The van der Waals surface area contributed by atoms with E-state index in [9.17, 15) is 4.39 Å². The number of nitrogens with zero attached hydrogens (tertiary/aromatic N) is 1. The molecule has 0 bridgehead atoms. The van der Waals surface area contributed by atoms with Gasteiger partial charge in [0.1, 0.15) is 0 Å². The second-order valence-corrected chi connectivity index (χ2v) is 3.39. The van der Waals surface area contributed by atoms with Gasteiger partial charge in [0.25, 0.3) is 0 Å².